The van der Waals surface area contributed by atoms with E-state index in [4.69, 9.17) is 28.2 Å². The van der Waals surface area contributed by atoms with Gasteiger partial charge in [0.1, 0.15) is 0 Å². The number of rotatable bonds is 1. The number of H-pyrrole nitrogens is 1. The van der Waals surface area contributed by atoms with Crippen molar-refractivity contribution in [1.29, 1.82) is 0 Å². The van der Waals surface area contributed by atoms with Gasteiger partial charge in [-0.15, -0.1) is 0 Å². The summed E-state index contributed by atoms with van der Waals surface area (Å²) in [5.41, 5.74) is 7.52. The molecule has 0 unspecified atom stereocenters. The summed E-state index contributed by atoms with van der Waals surface area (Å²) < 4.78 is 0. The van der Waals surface area contributed by atoms with Gasteiger partial charge in [-0.25, -0.2) is 0 Å². The molecule has 0 spiro atoms. The monoisotopic (exact) mass is 340 g/mol. The largest absolute Gasteiger partial charge is 0.364 e. The van der Waals surface area contributed by atoms with E-state index in [0.717, 1.165) is 28.1 Å². The first-order chi connectivity index (χ1) is 11.1. The van der Waals surface area contributed by atoms with Crippen molar-refractivity contribution in [3.63, 3.8) is 0 Å². The SMILES string of the molecule is Cc1[nH]cc2c1-c1ccc(Cl)cc1C(c1ccccc1Cl)=NC2. The van der Waals surface area contributed by atoms with Crippen molar-refractivity contribution in [2.75, 3.05) is 0 Å². The summed E-state index contributed by atoms with van der Waals surface area (Å²) in [7, 11) is 0. The van der Waals surface area contributed by atoms with Crippen molar-refractivity contribution in [3.8, 4) is 11.1 Å². The molecule has 0 radical (unpaired) electrons. The van der Waals surface area contributed by atoms with E-state index in [1.54, 1.807) is 0 Å². The number of fused-ring (bicyclic) bond motifs is 3. The molecule has 2 aromatic carbocycles. The Hall–Kier alpha value is -2.03. The van der Waals surface area contributed by atoms with Crippen LogP contribution >= 0.6 is 23.2 Å². The number of halogens is 2. The van der Waals surface area contributed by atoms with E-state index >= 15 is 0 Å². The van der Waals surface area contributed by atoms with Crippen LogP contribution in [0.1, 0.15) is 22.4 Å². The lowest BCUT2D eigenvalue weighted by atomic mass is 9.93. The van der Waals surface area contributed by atoms with E-state index in [1.807, 2.05) is 42.6 Å². The van der Waals surface area contributed by atoms with E-state index in [9.17, 15) is 0 Å². The van der Waals surface area contributed by atoms with Gasteiger partial charge in [-0.2, -0.15) is 0 Å². The minimum atomic E-state index is 0.618. The summed E-state index contributed by atoms with van der Waals surface area (Å²) in [6.45, 7) is 2.70. The summed E-state index contributed by atoms with van der Waals surface area (Å²) in [5.74, 6) is 0. The molecule has 0 atom stereocenters. The first-order valence-electron chi connectivity index (χ1n) is 7.41. The van der Waals surface area contributed by atoms with Crippen molar-refractivity contribution in [2.24, 2.45) is 4.99 Å². The van der Waals surface area contributed by atoms with Gasteiger partial charge in [0.05, 0.1) is 12.3 Å². The van der Waals surface area contributed by atoms with Crippen LogP contribution in [0.4, 0.5) is 0 Å². The number of aryl methyl sites for hydroxylation is 1. The molecule has 3 aromatic rings. The fourth-order valence-corrected chi connectivity index (χ4v) is 3.54. The maximum atomic E-state index is 6.41. The van der Waals surface area contributed by atoms with E-state index in [0.29, 0.717) is 16.6 Å². The van der Waals surface area contributed by atoms with E-state index in [-0.39, 0.29) is 0 Å². The molecular weight excluding hydrogens is 327 g/mol. The highest BCUT2D eigenvalue weighted by Gasteiger charge is 2.22. The summed E-state index contributed by atoms with van der Waals surface area (Å²) in [5, 5.41) is 1.39. The lowest BCUT2D eigenvalue weighted by molar-refractivity contribution is 1.08. The molecular formula is C19H14Cl2N2. The van der Waals surface area contributed by atoms with Gasteiger partial charge in [0.2, 0.25) is 0 Å². The molecule has 2 heterocycles. The Morgan fingerprint density at radius 2 is 1.83 bits per heavy atom. The summed E-state index contributed by atoms with van der Waals surface area (Å²) in [4.78, 5) is 8.15. The molecule has 0 aliphatic carbocycles. The van der Waals surface area contributed by atoms with Crippen LogP contribution in [0, 0.1) is 6.92 Å². The van der Waals surface area contributed by atoms with Crippen LogP contribution in [0.2, 0.25) is 10.0 Å². The second-order valence-electron chi connectivity index (χ2n) is 5.65. The van der Waals surface area contributed by atoms with E-state index in [2.05, 4.69) is 18.0 Å². The fraction of sp³-hybridized carbons (Fsp3) is 0.105. The Kier molecular flexibility index (Phi) is 3.51. The number of nitrogens with zero attached hydrogens (tertiary/aromatic N) is 1. The van der Waals surface area contributed by atoms with Gasteiger partial charge in [-0.3, -0.25) is 4.99 Å². The zero-order valence-electron chi connectivity index (χ0n) is 12.5. The number of aromatic amines is 1. The first-order valence-corrected chi connectivity index (χ1v) is 8.17. The smallest absolute Gasteiger partial charge is 0.0744 e. The Bertz CT molecular complexity index is 938. The standard InChI is InChI=1S/C19H14Cl2N2/c1-11-18-12(9-22-11)10-23-19(15-4-2-3-5-17(15)21)16-8-13(20)6-7-14(16)18/h2-9,22H,10H2,1H3. The first kappa shape index (κ1) is 14.6. The lowest BCUT2D eigenvalue weighted by Gasteiger charge is -2.13. The fourth-order valence-electron chi connectivity index (χ4n) is 3.14. The Morgan fingerprint density at radius 3 is 2.65 bits per heavy atom. The molecule has 0 bridgehead atoms. The van der Waals surface area contributed by atoms with Gasteiger partial charge in [-0.1, -0.05) is 47.5 Å². The average molecular weight is 341 g/mol. The lowest BCUT2D eigenvalue weighted by Crippen LogP contribution is -2.05. The maximum absolute atomic E-state index is 6.41. The quantitative estimate of drug-likeness (QED) is 0.593. The molecule has 1 aliphatic heterocycles. The minimum absolute atomic E-state index is 0.618. The molecule has 0 saturated heterocycles. The van der Waals surface area contributed by atoms with Crippen molar-refractivity contribution in [2.45, 2.75) is 13.5 Å². The highest BCUT2D eigenvalue weighted by Crippen LogP contribution is 2.37. The van der Waals surface area contributed by atoms with Crippen molar-refractivity contribution in [3.05, 3.63) is 81.1 Å². The molecule has 1 aromatic heterocycles. The van der Waals surface area contributed by atoms with Crippen LogP contribution in [0.15, 0.2) is 53.7 Å². The molecule has 2 nitrogen and oxygen atoms in total. The van der Waals surface area contributed by atoms with Gasteiger partial charge in [0, 0.05) is 38.6 Å². The summed E-state index contributed by atoms with van der Waals surface area (Å²) >= 11 is 12.7. The molecule has 23 heavy (non-hydrogen) atoms. The predicted molar refractivity (Wildman–Crippen MR) is 96.8 cm³/mol. The number of benzene rings is 2. The molecule has 0 amide bonds. The molecule has 4 rings (SSSR count). The van der Waals surface area contributed by atoms with E-state index < -0.39 is 0 Å². The van der Waals surface area contributed by atoms with Gasteiger partial charge >= 0.3 is 0 Å². The summed E-state index contributed by atoms with van der Waals surface area (Å²) in [6.07, 6.45) is 2.03. The van der Waals surface area contributed by atoms with Crippen LogP contribution in [0.25, 0.3) is 11.1 Å². The topological polar surface area (TPSA) is 28.1 Å². The zero-order valence-corrected chi connectivity index (χ0v) is 14.0. The Morgan fingerprint density at radius 1 is 1.00 bits per heavy atom. The average Bonchev–Trinajstić information content (AvgIpc) is 2.82. The van der Waals surface area contributed by atoms with Crippen molar-refractivity contribution in [1.82, 2.24) is 4.98 Å². The molecule has 0 fully saturated rings. The van der Waals surface area contributed by atoms with Crippen LogP contribution < -0.4 is 0 Å². The second kappa shape index (κ2) is 5.55. The third kappa shape index (κ3) is 2.39. The molecule has 1 aliphatic rings. The molecule has 0 saturated carbocycles. The number of aromatic nitrogens is 1. The number of hydrogen-bond donors (Lipinski definition) is 1. The second-order valence-corrected chi connectivity index (χ2v) is 6.49. The van der Waals surface area contributed by atoms with Crippen LogP contribution in [0.3, 0.4) is 0 Å². The summed E-state index contributed by atoms with van der Waals surface area (Å²) in [6, 6.07) is 13.8. The predicted octanol–water partition coefficient (Wildman–Crippen LogP) is 5.65. The van der Waals surface area contributed by atoms with Crippen molar-refractivity contribution < 1.29 is 0 Å². The van der Waals surface area contributed by atoms with Crippen LogP contribution in [-0.2, 0) is 6.54 Å². The highest BCUT2D eigenvalue weighted by atomic mass is 35.5. The van der Waals surface area contributed by atoms with Gasteiger partial charge in [0.25, 0.3) is 0 Å². The zero-order chi connectivity index (χ0) is 16.0. The Labute approximate surface area is 144 Å². The minimum Gasteiger partial charge on any atom is -0.364 e. The maximum Gasteiger partial charge on any atom is 0.0744 e. The number of aliphatic imine (C=N–C) groups is 1. The van der Waals surface area contributed by atoms with Gasteiger partial charge < -0.3 is 4.98 Å². The molecule has 1 N–H and O–H groups in total. The number of nitrogens with one attached hydrogen (secondary N) is 1. The Balaban J connectivity index is 2.03. The van der Waals surface area contributed by atoms with Gasteiger partial charge in [0.15, 0.2) is 0 Å². The third-order valence-electron chi connectivity index (χ3n) is 4.20. The van der Waals surface area contributed by atoms with Crippen molar-refractivity contribution >= 4 is 28.9 Å². The highest BCUT2D eigenvalue weighted by molar-refractivity contribution is 6.36. The third-order valence-corrected chi connectivity index (χ3v) is 4.77. The molecule has 114 valence electrons. The van der Waals surface area contributed by atoms with Crippen LogP contribution in [-0.4, -0.2) is 10.7 Å². The number of hydrogen-bond acceptors (Lipinski definition) is 1. The van der Waals surface area contributed by atoms with E-state index in [1.165, 1.54) is 11.1 Å². The van der Waals surface area contributed by atoms with Gasteiger partial charge in [-0.05, 0) is 36.2 Å². The van der Waals surface area contributed by atoms with Crippen LogP contribution in [0.5, 0.6) is 0 Å². The molecule has 4 heteroatoms. The normalized spacial score (nSPS) is 13.1.